The fourth-order valence-corrected chi connectivity index (χ4v) is 5.38. The smallest absolute Gasteiger partial charge is 0.244 e. The van der Waals surface area contributed by atoms with Crippen LogP contribution in [0.1, 0.15) is 12.8 Å². The van der Waals surface area contributed by atoms with Crippen LogP contribution < -0.4 is 5.32 Å². The number of nitrogens with one attached hydrogen (secondary N) is 1. The van der Waals surface area contributed by atoms with E-state index in [0.717, 1.165) is 0 Å². The minimum atomic E-state index is -3.81. The normalized spacial score (nSPS) is 16.1. The van der Waals surface area contributed by atoms with Gasteiger partial charge in [0.25, 0.3) is 0 Å². The second kappa shape index (κ2) is 8.55. The summed E-state index contributed by atoms with van der Waals surface area (Å²) in [6.07, 6.45) is 0.691. The van der Waals surface area contributed by atoms with Crippen molar-refractivity contribution in [2.45, 2.75) is 17.7 Å². The van der Waals surface area contributed by atoms with Crippen LogP contribution in [0.2, 0.25) is 15.1 Å². The Morgan fingerprint density at radius 3 is 2.36 bits per heavy atom. The van der Waals surface area contributed by atoms with Crippen LogP contribution in [0.3, 0.4) is 0 Å². The highest BCUT2D eigenvalue weighted by Gasteiger charge is 2.33. The Balaban J connectivity index is 1.65. The molecule has 1 aliphatic rings. The van der Waals surface area contributed by atoms with Gasteiger partial charge in [-0.25, -0.2) is 12.8 Å². The number of halogens is 4. The molecule has 1 saturated heterocycles. The highest BCUT2D eigenvalue weighted by molar-refractivity contribution is 7.89. The number of carbonyl (C=O) groups excluding carboxylic acids is 1. The van der Waals surface area contributed by atoms with E-state index in [2.05, 4.69) is 5.32 Å². The number of amides is 1. The summed E-state index contributed by atoms with van der Waals surface area (Å²) < 4.78 is 40.2. The lowest BCUT2D eigenvalue weighted by Crippen LogP contribution is -2.41. The molecule has 1 amide bonds. The number of carbonyl (C=O) groups is 1. The Hall–Kier alpha value is -1.38. The van der Waals surface area contributed by atoms with Gasteiger partial charge in [0.1, 0.15) is 10.7 Å². The molecule has 0 unspecified atom stereocenters. The van der Waals surface area contributed by atoms with E-state index in [4.69, 9.17) is 34.8 Å². The van der Waals surface area contributed by atoms with Gasteiger partial charge in [0.05, 0.1) is 10.0 Å². The third-order valence-electron chi connectivity index (χ3n) is 4.52. The fourth-order valence-electron chi connectivity index (χ4n) is 2.99. The molecule has 0 radical (unpaired) electrons. The number of hydrogen-bond donors (Lipinski definition) is 1. The van der Waals surface area contributed by atoms with Crippen molar-refractivity contribution < 1.29 is 17.6 Å². The SMILES string of the molecule is O=C(Nc1ccc(F)c(Cl)c1)C1CCN(S(=O)(=O)c2cc(Cl)ccc2Cl)CC1. The largest absolute Gasteiger partial charge is 0.326 e. The summed E-state index contributed by atoms with van der Waals surface area (Å²) in [6, 6.07) is 8.18. The van der Waals surface area contributed by atoms with E-state index in [1.165, 1.54) is 40.7 Å². The van der Waals surface area contributed by atoms with E-state index in [0.29, 0.717) is 18.5 Å². The van der Waals surface area contributed by atoms with Crippen LogP contribution in [0.4, 0.5) is 10.1 Å². The van der Waals surface area contributed by atoms with Gasteiger partial charge in [0.15, 0.2) is 0 Å². The van der Waals surface area contributed by atoms with Gasteiger partial charge in [-0.05, 0) is 49.2 Å². The first-order valence-electron chi connectivity index (χ1n) is 8.39. The molecule has 2 aromatic carbocycles. The van der Waals surface area contributed by atoms with Crippen molar-refractivity contribution in [3.63, 3.8) is 0 Å². The molecule has 0 bridgehead atoms. The average Bonchev–Trinajstić information content (AvgIpc) is 2.66. The molecule has 3 rings (SSSR count). The number of sulfonamides is 1. The first-order valence-corrected chi connectivity index (χ1v) is 11.0. The molecule has 150 valence electrons. The maximum atomic E-state index is 13.2. The van der Waals surface area contributed by atoms with E-state index in [-0.39, 0.29) is 44.9 Å². The maximum Gasteiger partial charge on any atom is 0.244 e. The number of anilines is 1. The Labute approximate surface area is 177 Å². The summed E-state index contributed by atoms with van der Waals surface area (Å²) in [7, 11) is -3.81. The predicted molar refractivity (Wildman–Crippen MR) is 108 cm³/mol. The van der Waals surface area contributed by atoms with Crippen molar-refractivity contribution in [2.24, 2.45) is 5.92 Å². The molecule has 0 atom stereocenters. The molecular formula is C18H16Cl3FN2O3S. The van der Waals surface area contributed by atoms with Crippen molar-refractivity contribution in [1.82, 2.24) is 4.31 Å². The summed E-state index contributed by atoms with van der Waals surface area (Å²) in [4.78, 5) is 12.4. The molecule has 0 aliphatic carbocycles. The summed E-state index contributed by atoms with van der Waals surface area (Å²) in [5.41, 5.74) is 0.386. The minimum absolute atomic E-state index is 0.0504. The molecule has 0 saturated carbocycles. The van der Waals surface area contributed by atoms with Gasteiger partial charge >= 0.3 is 0 Å². The van der Waals surface area contributed by atoms with Crippen LogP contribution in [-0.4, -0.2) is 31.7 Å². The van der Waals surface area contributed by atoms with Crippen molar-refractivity contribution in [1.29, 1.82) is 0 Å². The van der Waals surface area contributed by atoms with E-state index in [1.54, 1.807) is 0 Å². The van der Waals surface area contributed by atoms with Crippen molar-refractivity contribution in [3.05, 3.63) is 57.3 Å². The maximum absolute atomic E-state index is 13.2. The summed E-state index contributed by atoms with van der Waals surface area (Å²) in [6.45, 7) is 0.348. The molecule has 0 aromatic heterocycles. The zero-order valence-electron chi connectivity index (χ0n) is 14.5. The summed E-state index contributed by atoms with van der Waals surface area (Å²) in [5, 5.41) is 2.97. The molecule has 1 N–H and O–H groups in total. The van der Waals surface area contributed by atoms with E-state index in [9.17, 15) is 17.6 Å². The Kier molecular flexibility index (Phi) is 6.51. The van der Waals surface area contributed by atoms with Gasteiger partial charge in [0, 0.05) is 29.7 Å². The van der Waals surface area contributed by atoms with Crippen LogP contribution in [0.25, 0.3) is 0 Å². The van der Waals surface area contributed by atoms with E-state index in [1.807, 2.05) is 0 Å². The standard InChI is InChI=1S/C18H16Cl3FN2O3S/c19-12-1-3-14(20)17(9-12)28(26,27)24-7-5-11(6-8-24)18(25)23-13-2-4-16(22)15(21)10-13/h1-4,9-11H,5-8H2,(H,23,25). The monoisotopic (exact) mass is 464 g/mol. The Morgan fingerprint density at radius 2 is 1.71 bits per heavy atom. The molecule has 5 nitrogen and oxygen atoms in total. The number of piperidine rings is 1. The van der Waals surface area contributed by atoms with Crippen LogP contribution >= 0.6 is 34.8 Å². The van der Waals surface area contributed by atoms with Crippen molar-refractivity contribution in [3.8, 4) is 0 Å². The van der Waals surface area contributed by atoms with Gasteiger partial charge in [-0.1, -0.05) is 34.8 Å². The van der Waals surface area contributed by atoms with Gasteiger partial charge in [-0.3, -0.25) is 4.79 Å². The topological polar surface area (TPSA) is 66.5 Å². The van der Waals surface area contributed by atoms with Crippen LogP contribution in [-0.2, 0) is 14.8 Å². The molecule has 1 aliphatic heterocycles. The zero-order valence-corrected chi connectivity index (χ0v) is 17.5. The zero-order chi connectivity index (χ0) is 20.5. The number of hydrogen-bond acceptors (Lipinski definition) is 3. The van der Waals surface area contributed by atoms with E-state index < -0.39 is 15.8 Å². The summed E-state index contributed by atoms with van der Waals surface area (Å²) >= 11 is 17.6. The summed E-state index contributed by atoms with van der Waals surface area (Å²) in [5.74, 6) is -1.21. The molecule has 10 heteroatoms. The number of benzene rings is 2. The van der Waals surface area contributed by atoms with Gasteiger partial charge < -0.3 is 5.32 Å². The average molecular weight is 466 g/mol. The number of rotatable bonds is 4. The highest BCUT2D eigenvalue weighted by Crippen LogP contribution is 2.30. The highest BCUT2D eigenvalue weighted by atomic mass is 35.5. The first-order chi connectivity index (χ1) is 13.2. The first kappa shape index (κ1) is 21.3. The lowest BCUT2D eigenvalue weighted by Gasteiger charge is -2.30. The minimum Gasteiger partial charge on any atom is -0.326 e. The predicted octanol–water partition coefficient (Wildman–Crippen LogP) is 4.83. The molecule has 0 spiro atoms. The van der Waals surface area contributed by atoms with E-state index >= 15 is 0 Å². The van der Waals surface area contributed by atoms with Crippen molar-refractivity contribution in [2.75, 3.05) is 18.4 Å². The van der Waals surface area contributed by atoms with Gasteiger partial charge in [0.2, 0.25) is 15.9 Å². The number of nitrogens with zero attached hydrogens (tertiary/aromatic N) is 1. The molecule has 1 heterocycles. The Morgan fingerprint density at radius 1 is 1.04 bits per heavy atom. The lowest BCUT2D eigenvalue weighted by atomic mass is 9.97. The van der Waals surface area contributed by atoms with Crippen molar-refractivity contribution >= 4 is 56.4 Å². The third kappa shape index (κ3) is 4.60. The molecule has 1 fully saturated rings. The van der Waals surface area contributed by atoms with Crippen LogP contribution in [0.5, 0.6) is 0 Å². The second-order valence-corrected chi connectivity index (χ2v) is 9.53. The van der Waals surface area contributed by atoms with Crippen LogP contribution in [0.15, 0.2) is 41.3 Å². The molecule has 28 heavy (non-hydrogen) atoms. The lowest BCUT2D eigenvalue weighted by molar-refractivity contribution is -0.120. The molecule has 2 aromatic rings. The second-order valence-electron chi connectivity index (χ2n) is 6.37. The fraction of sp³-hybridized carbons (Fsp3) is 0.278. The quantitative estimate of drug-likeness (QED) is 0.703. The molecular weight excluding hydrogens is 450 g/mol. The third-order valence-corrected chi connectivity index (χ3v) is 7.43. The Bertz CT molecular complexity index is 1010. The van der Waals surface area contributed by atoms with Gasteiger partial charge in [-0.2, -0.15) is 4.31 Å². The van der Waals surface area contributed by atoms with Crippen LogP contribution in [0, 0.1) is 11.7 Å². The van der Waals surface area contributed by atoms with Gasteiger partial charge in [-0.15, -0.1) is 0 Å².